The number of nitrogens with zero attached hydrogens (tertiary/aromatic N) is 3. The molecule has 1 aliphatic heterocycles. The number of hydrogen-bond donors (Lipinski definition) is 1. The second kappa shape index (κ2) is 7.76. The first kappa shape index (κ1) is 16.9. The number of fused-ring (bicyclic) bond motifs is 1. The fourth-order valence-corrected chi connectivity index (χ4v) is 3.18. The minimum absolute atomic E-state index is 0.0656. The first-order valence-corrected chi connectivity index (χ1v) is 8.81. The molecule has 2 aromatic heterocycles. The first-order valence-electron chi connectivity index (χ1n) is 8.81. The maximum Gasteiger partial charge on any atom is 0.123 e. The van der Waals surface area contributed by atoms with Gasteiger partial charge in [-0.1, -0.05) is 18.2 Å². The molecule has 1 aromatic carbocycles. The topological polar surface area (TPSA) is 52.0 Å². The lowest BCUT2D eigenvalue weighted by Crippen LogP contribution is -2.27. The molecule has 0 bridgehead atoms. The third-order valence-electron chi connectivity index (χ3n) is 4.49. The molecule has 134 valence electrons. The first-order chi connectivity index (χ1) is 12.8. The SMILES string of the molecule is Fc1ccc(CNC[C@H]2OCCc3cn(Cc4ccccn4)nc32)cc1. The largest absolute Gasteiger partial charge is 0.370 e. The molecule has 3 heterocycles. The summed E-state index contributed by atoms with van der Waals surface area (Å²) in [5.41, 5.74) is 4.27. The number of nitrogens with one attached hydrogen (secondary N) is 1. The van der Waals surface area contributed by atoms with Gasteiger partial charge in [0, 0.05) is 25.5 Å². The van der Waals surface area contributed by atoms with Gasteiger partial charge in [-0.2, -0.15) is 5.10 Å². The third-order valence-corrected chi connectivity index (χ3v) is 4.49. The Labute approximate surface area is 151 Å². The summed E-state index contributed by atoms with van der Waals surface area (Å²) in [6.45, 7) is 2.70. The lowest BCUT2D eigenvalue weighted by atomic mass is 10.1. The van der Waals surface area contributed by atoms with Crippen LogP contribution in [0.2, 0.25) is 0 Å². The highest BCUT2D eigenvalue weighted by Gasteiger charge is 2.24. The van der Waals surface area contributed by atoms with Crippen molar-refractivity contribution >= 4 is 0 Å². The lowest BCUT2D eigenvalue weighted by Gasteiger charge is -2.22. The number of halogens is 1. The van der Waals surface area contributed by atoms with Crippen LogP contribution in [-0.4, -0.2) is 27.9 Å². The van der Waals surface area contributed by atoms with Crippen LogP contribution in [0.5, 0.6) is 0 Å². The van der Waals surface area contributed by atoms with Crippen LogP contribution in [0.1, 0.15) is 28.6 Å². The monoisotopic (exact) mass is 352 g/mol. The summed E-state index contributed by atoms with van der Waals surface area (Å²) in [5, 5.41) is 8.11. The van der Waals surface area contributed by atoms with Gasteiger partial charge in [0.25, 0.3) is 0 Å². The molecular formula is C20H21FN4O. The summed E-state index contributed by atoms with van der Waals surface area (Å²) < 4.78 is 20.8. The number of pyridine rings is 1. The molecule has 0 amide bonds. The maximum atomic E-state index is 13.0. The molecule has 0 saturated heterocycles. The van der Waals surface area contributed by atoms with Gasteiger partial charge in [0.15, 0.2) is 0 Å². The Kier molecular flexibility index (Phi) is 5.04. The van der Waals surface area contributed by atoms with Crippen molar-refractivity contribution in [3.63, 3.8) is 0 Å². The summed E-state index contributed by atoms with van der Waals surface area (Å²) >= 11 is 0. The molecule has 1 atom stereocenters. The molecule has 3 aromatic rings. The quantitative estimate of drug-likeness (QED) is 0.741. The van der Waals surface area contributed by atoms with E-state index in [9.17, 15) is 4.39 Å². The average Bonchev–Trinajstić information content (AvgIpc) is 3.07. The Morgan fingerprint density at radius 1 is 1.19 bits per heavy atom. The minimum Gasteiger partial charge on any atom is -0.370 e. The summed E-state index contributed by atoms with van der Waals surface area (Å²) in [6.07, 6.45) is 4.71. The van der Waals surface area contributed by atoms with Crippen molar-refractivity contribution < 1.29 is 9.13 Å². The van der Waals surface area contributed by atoms with Crippen molar-refractivity contribution in [2.45, 2.75) is 25.6 Å². The molecule has 1 aliphatic rings. The highest BCUT2D eigenvalue weighted by molar-refractivity contribution is 5.23. The summed E-state index contributed by atoms with van der Waals surface area (Å²) in [7, 11) is 0. The highest BCUT2D eigenvalue weighted by Crippen LogP contribution is 2.25. The van der Waals surface area contributed by atoms with E-state index in [1.54, 1.807) is 18.3 Å². The van der Waals surface area contributed by atoms with E-state index < -0.39 is 0 Å². The zero-order chi connectivity index (χ0) is 17.8. The van der Waals surface area contributed by atoms with Crippen LogP contribution in [-0.2, 0) is 24.2 Å². The van der Waals surface area contributed by atoms with E-state index in [-0.39, 0.29) is 11.9 Å². The van der Waals surface area contributed by atoms with Crippen LogP contribution in [0.15, 0.2) is 54.9 Å². The lowest BCUT2D eigenvalue weighted by molar-refractivity contribution is 0.0393. The second-order valence-corrected chi connectivity index (χ2v) is 6.43. The van der Waals surface area contributed by atoms with Crippen molar-refractivity contribution in [3.05, 3.63) is 83.2 Å². The third kappa shape index (κ3) is 3.98. The van der Waals surface area contributed by atoms with E-state index in [1.807, 2.05) is 22.9 Å². The fraction of sp³-hybridized carbons (Fsp3) is 0.300. The van der Waals surface area contributed by atoms with Crippen molar-refractivity contribution in [2.24, 2.45) is 0 Å². The predicted octanol–water partition coefficient (Wildman–Crippen LogP) is 2.87. The summed E-state index contributed by atoms with van der Waals surface area (Å²) in [4.78, 5) is 4.36. The van der Waals surface area contributed by atoms with E-state index in [2.05, 4.69) is 16.5 Å². The van der Waals surface area contributed by atoms with Gasteiger partial charge in [-0.3, -0.25) is 9.67 Å². The molecule has 26 heavy (non-hydrogen) atoms. The zero-order valence-electron chi connectivity index (χ0n) is 14.4. The minimum atomic E-state index is -0.215. The molecule has 6 heteroatoms. The van der Waals surface area contributed by atoms with Crippen LogP contribution < -0.4 is 5.32 Å². The van der Waals surface area contributed by atoms with Crippen LogP contribution in [0.4, 0.5) is 4.39 Å². The normalized spacial score (nSPS) is 16.4. The number of rotatable bonds is 6. The van der Waals surface area contributed by atoms with Gasteiger partial charge in [-0.05, 0) is 41.8 Å². The van der Waals surface area contributed by atoms with Gasteiger partial charge in [-0.15, -0.1) is 0 Å². The van der Waals surface area contributed by atoms with Crippen molar-refractivity contribution in [2.75, 3.05) is 13.2 Å². The van der Waals surface area contributed by atoms with Gasteiger partial charge in [-0.25, -0.2) is 4.39 Å². The van der Waals surface area contributed by atoms with Gasteiger partial charge in [0.1, 0.15) is 11.9 Å². The van der Waals surface area contributed by atoms with E-state index in [0.717, 1.165) is 23.4 Å². The molecule has 0 spiro atoms. The smallest absolute Gasteiger partial charge is 0.123 e. The maximum absolute atomic E-state index is 13.0. The molecule has 0 saturated carbocycles. The predicted molar refractivity (Wildman–Crippen MR) is 96.1 cm³/mol. The molecule has 0 radical (unpaired) electrons. The number of aromatic nitrogens is 3. The second-order valence-electron chi connectivity index (χ2n) is 6.43. The molecule has 4 rings (SSSR count). The Bertz CT molecular complexity index is 848. The molecule has 0 unspecified atom stereocenters. The molecular weight excluding hydrogens is 331 g/mol. The van der Waals surface area contributed by atoms with Crippen LogP contribution in [0.3, 0.4) is 0 Å². The summed E-state index contributed by atoms with van der Waals surface area (Å²) in [6, 6.07) is 12.4. The van der Waals surface area contributed by atoms with Crippen molar-refractivity contribution in [1.82, 2.24) is 20.1 Å². The van der Waals surface area contributed by atoms with E-state index in [1.165, 1.54) is 17.7 Å². The Hall–Kier alpha value is -2.57. The number of hydrogen-bond acceptors (Lipinski definition) is 4. The molecule has 0 aliphatic carbocycles. The summed E-state index contributed by atoms with van der Waals surface area (Å²) in [5.74, 6) is -0.215. The zero-order valence-corrected chi connectivity index (χ0v) is 14.4. The van der Waals surface area contributed by atoms with Crippen molar-refractivity contribution in [3.8, 4) is 0 Å². The number of benzene rings is 1. The fourth-order valence-electron chi connectivity index (χ4n) is 3.18. The molecule has 0 fully saturated rings. The van der Waals surface area contributed by atoms with Crippen LogP contribution in [0.25, 0.3) is 0 Å². The van der Waals surface area contributed by atoms with Crippen LogP contribution >= 0.6 is 0 Å². The Morgan fingerprint density at radius 2 is 2.08 bits per heavy atom. The van der Waals surface area contributed by atoms with Gasteiger partial charge < -0.3 is 10.1 Å². The highest BCUT2D eigenvalue weighted by atomic mass is 19.1. The van der Waals surface area contributed by atoms with Crippen LogP contribution in [0, 0.1) is 5.82 Å². The van der Waals surface area contributed by atoms with Gasteiger partial charge in [0.2, 0.25) is 0 Å². The van der Waals surface area contributed by atoms with Gasteiger partial charge in [0.05, 0.1) is 24.5 Å². The molecule has 5 nitrogen and oxygen atoms in total. The van der Waals surface area contributed by atoms with E-state index in [0.29, 0.717) is 26.2 Å². The Morgan fingerprint density at radius 3 is 2.88 bits per heavy atom. The van der Waals surface area contributed by atoms with E-state index >= 15 is 0 Å². The standard InChI is InChI=1S/C20H21FN4O/c21-17-6-4-15(5-7-17)11-22-12-19-20-16(8-10-26-19)13-25(24-20)14-18-3-1-2-9-23-18/h1-7,9,13,19,22H,8,10-12,14H2/t19-/m1/s1. The Balaban J connectivity index is 1.39. The van der Waals surface area contributed by atoms with Gasteiger partial charge >= 0.3 is 0 Å². The van der Waals surface area contributed by atoms with E-state index in [4.69, 9.17) is 9.84 Å². The average molecular weight is 352 g/mol. The molecule has 1 N–H and O–H groups in total. The number of ether oxygens (including phenoxy) is 1. The van der Waals surface area contributed by atoms with Crippen molar-refractivity contribution in [1.29, 1.82) is 0 Å².